The maximum absolute atomic E-state index is 12.6. The summed E-state index contributed by atoms with van der Waals surface area (Å²) in [5.74, 6) is -0.601. The lowest BCUT2D eigenvalue weighted by Crippen LogP contribution is -2.53. The Kier molecular flexibility index (Phi) is 52.3. The molecule has 5 N–H and O–H groups in total. The molecule has 0 radical (unpaired) electrons. The minimum Gasteiger partial charge on any atom is -0.394 e. The zero-order valence-electron chi connectivity index (χ0n) is 43.7. The predicted octanol–water partition coefficient (Wildman–Crippen LogP) is 16.8. The van der Waals surface area contributed by atoms with E-state index in [1.807, 2.05) is 0 Å². The lowest BCUT2D eigenvalue weighted by molar-refractivity contribution is -0.132. The van der Waals surface area contributed by atoms with Gasteiger partial charge in [-0.25, -0.2) is 0 Å². The summed E-state index contributed by atoms with van der Waals surface area (Å²) in [6.45, 7) is 4.06. The van der Waals surface area contributed by atoms with Gasteiger partial charge in [-0.05, 0) is 96.3 Å². The average molecular weight is 927 g/mol. The van der Waals surface area contributed by atoms with Crippen molar-refractivity contribution >= 4 is 5.91 Å². The second-order valence-electron chi connectivity index (χ2n) is 19.6. The first-order chi connectivity index (χ1) is 32.5. The molecule has 0 rings (SSSR count). The van der Waals surface area contributed by atoms with Gasteiger partial charge in [0.05, 0.1) is 18.8 Å². The lowest BCUT2D eigenvalue weighted by atomic mass is 10.00. The second-order valence-corrected chi connectivity index (χ2v) is 19.6. The largest absolute Gasteiger partial charge is 0.394 e. The molecule has 0 aliphatic rings. The van der Waals surface area contributed by atoms with Crippen molar-refractivity contribution < 1.29 is 25.2 Å². The highest BCUT2D eigenvalue weighted by molar-refractivity contribution is 5.80. The van der Waals surface area contributed by atoms with Crippen LogP contribution in [0.1, 0.15) is 284 Å². The van der Waals surface area contributed by atoms with Gasteiger partial charge in [-0.3, -0.25) is 4.79 Å². The highest BCUT2D eigenvalue weighted by Gasteiger charge is 2.28. The van der Waals surface area contributed by atoms with E-state index < -0.39 is 36.9 Å². The third kappa shape index (κ3) is 47.1. The Balaban J connectivity index is 3.73. The van der Waals surface area contributed by atoms with E-state index in [0.29, 0.717) is 19.3 Å². The van der Waals surface area contributed by atoms with Crippen molar-refractivity contribution in [3.05, 3.63) is 60.8 Å². The van der Waals surface area contributed by atoms with Crippen LogP contribution in [0.4, 0.5) is 0 Å². The van der Waals surface area contributed by atoms with Crippen molar-refractivity contribution in [1.82, 2.24) is 5.32 Å². The summed E-state index contributed by atoms with van der Waals surface area (Å²) in [6.07, 6.45) is 70.0. The number of hydrogen-bond acceptors (Lipinski definition) is 5. The predicted molar refractivity (Wildman–Crippen MR) is 288 cm³/mol. The fraction of sp³-hybridized carbons (Fsp3) is 0.817. The molecule has 0 aromatic rings. The van der Waals surface area contributed by atoms with Crippen LogP contribution in [0.5, 0.6) is 0 Å². The number of rotatable bonds is 52. The molecule has 0 saturated carbocycles. The molecule has 4 unspecified atom stereocenters. The first-order valence-electron chi connectivity index (χ1n) is 28.7. The summed E-state index contributed by atoms with van der Waals surface area (Å²) in [5, 5.41) is 44.0. The third-order valence-corrected chi connectivity index (χ3v) is 13.2. The first-order valence-corrected chi connectivity index (χ1v) is 28.7. The molecule has 1 amide bonds. The molecule has 0 aliphatic heterocycles. The Morgan fingerprint density at radius 3 is 1.05 bits per heavy atom. The van der Waals surface area contributed by atoms with E-state index in [0.717, 1.165) is 57.8 Å². The molecule has 66 heavy (non-hydrogen) atoms. The molecule has 0 saturated heterocycles. The minimum absolute atomic E-state index is 0.353. The molecule has 0 spiro atoms. The second kappa shape index (κ2) is 54.0. The first kappa shape index (κ1) is 64.0. The molecule has 4 atom stereocenters. The normalized spacial score (nSPS) is 14.2. The van der Waals surface area contributed by atoms with Crippen LogP contribution in [0.15, 0.2) is 60.8 Å². The maximum Gasteiger partial charge on any atom is 0.249 e. The maximum atomic E-state index is 12.6. The van der Waals surface area contributed by atoms with Gasteiger partial charge in [-0.15, -0.1) is 0 Å². The smallest absolute Gasteiger partial charge is 0.249 e. The molecule has 6 nitrogen and oxygen atoms in total. The summed E-state index contributed by atoms with van der Waals surface area (Å²) in [6, 6.07) is -1.02. The fourth-order valence-corrected chi connectivity index (χ4v) is 8.64. The van der Waals surface area contributed by atoms with Gasteiger partial charge in [0.1, 0.15) is 12.2 Å². The van der Waals surface area contributed by atoms with Gasteiger partial charge in [0.15, 0.2) is 0 Å². The molecular weight excluding hydrogens is 815 g/mol. The van der Waals surface area contributed by atoms with E-state index in [9.17, 15) is 25.2 Å². The number of aliphatic hydroxyl groups excluding tert-OH is 4. The van der Waals surface area contributed by atoms with E-state index in [1.54, 1.807) is 0 Å². The van der Waals surface area contributed by atoms with Gasteiger partial charge >= 0.3 is 0 Å². The van der Waals surface area contributed by atoms with Gasteiger partial charge in [0, 0.05) is 0 Å². The monoisotopic (exact) mass is 926 g/mol. The van der Waals surface area contributed by atoms with Crippen LogP contribution in [-0.2, 0) is 4.79 Å². The topological polar surface area (TPSA) is 110 Å². The van der Waals surface area contributed by atoms with Crippen LogP contribution in [0.25, 0.3) is 0 Å². The van der Waals surface area contributed by atoms with Crippen molar-refractivity contribution in [1.29, 1.82) is 0 Å². The molecule has 0 aliphatic carbocycles. The molecular formula is C60H111NO5. The number of hydrogen-bond donors (Lipinski definition) is 5. The molecule has 0 heterocycles. The Morgan fingerprint density at radius 1 is 0.379 bits per heavy atom. The highest BCUT2D eigenvalue weighted by Crippen LogP contribution is 2.16. The Hall–Kier alpha value is -1.99. The van der Waals surface area contributed by atoms with Crippen molar-refractivity contribution in [2.75, 3.05) is 6.61 Å². The van der Waals surface area contributed by atoms with Gasteiger partial charge in [0.2, 0.25) is 5.91 Å². The number of amides is 1. The fourth-order valence-electron chi connectivity index (χ4n) is 8.64. The minimum atomic E-state index is -1.30. The van der Waals surface area contributed by atoms with Crippen LogP contribution in [0, 0.1) is 0 Å². The Morgan fingerprint density at radius 2 is 0.682 bits per heavy atom. The van der Waals surface area contributed by atoms with Gasteiger partial charge in [-0.1, -0.05) is 248 Å². The third-order valence-electron chi connectivity index (χ3n) is 13.2. The summed E-state index contributed by atoms with van der Waals surface area (Å²) in [7, 11) is 0. The Labute approximate surface area is 410 Å². The Bertz CT molecular complexity index is 1130. The standard InChI is InChI=1S/C60H111NO5/c1-3-5-7-9-11-13-15-17-19-21-23-25-27-29-30-32-34-36-38-40-42-44-46-48-50-52-54-58(64)60(66)61-56(55-62)59(65)57(63)53-51-49-47-45-43-41-39-37-35-33-31-28-26-24-22-20-18-16-14-12-10-8-6-4-2/h23,25,28-31,37,39,45,47,56-59,62-65H,3-22,24,26-27,32-36,38,40-44,46,48-55H2,1-2H3,(H,61,66)/b25-23-,30-29-,31-28+,39-37+,47-45+. The number of unbranched alkanes of at least 4 members (excludes halogenated alkanes) is 33. The molecule has 0 fully saturated rings. The molecule has 0 aromatic carbocycles. The number of allylic oxidation sites excluding steroid dienone is 10. The zero-order valence-corrected chi connectivity index (χ0v) is 43.7. The van der Waals surface area contributed by atoms with Crippen molar-refractivity contribution in [3.8, 4) is 0 Å². The van der Waals surface area contributed by atoms with Crippen LogP contribution in [-0.4, -0.2) is 57.3 Å². The number of nitrogens with one attached hydrogen (secondary N) is 1. The van der Waals surface area contributed by atoms with Crippen molar-refractivity contribution in [2.45, 2.75) is 308 Å². The van der Waals surface area contributed by atoms with Crippen LogP contribution in [0.3, 0.4) is 0 Å². The van der Waals surface area contributed by atoms with Crippen molar-refractivity contribution in [3.63, 3.8) is 0 Å². The van der Waals surface area contributed by atoms with Gasteiger partial charge in [0.25, 0.3) is 0 Å². The van der Waals surface area contributed by atoms with Gasteiger partial charge in [-0.2, -0.15) is 0 Å². The lowest BCUT2D eigenvalue weighted by Gasteiger charge is -2.27. The number of carbonyl (C=O) groups excluding carboxylic acids is 1. The highest BCUT2D eigenvalue weighted by atomic mass is 16.3. The molecule has 0 bridgehead atoms. The summed E-state index contributed by atoms with van der Waals surface area (Å²) < 4.78 is 0. The average Bonchev–Trinajstić information content (AvgIpc) is 3.32. The molecule has 0 aromatic heterocycles. The van der Waals surface area contributed by atoms with Crippen LogP contribution in [0.2, 0.25) is 0 Å². The zero-order chi connectivity index (χ0) is 48.1. The SMILES string of the molecule is CCCCCCCCCCC/C=C\C/C=C\CCCCCCCCCCCCC(O)C(=O)NC(CO)C(O)C(O)CCC/C=C/CC/C=C/CC/C=C/CCCCCCCCCCCCC. The van der Waals surface area contributed by atoms with Crippen LogP contribution < -0.4 is 5.32 Å². The van der Waals surface area contributed by atoms with E-state index in [-0.39, 0.29) is 0 Å². The summed E-state index contributed by atoms with van der Waals surface area (Å²) >= 11 is 0. The number of carbonyl (C=O) groups is 1. The van der Waals surface area contributed by atoms with Crippen LogP contribution >= 0.6 is 0 Å². The number of aliphatic hydroxyl groups is 4. The molecule has 6 heteroatoms. The summed E-state index contributed by atoms with van der Waals surface area (Å²) in [5.41, 5.74) is 0. The van der Waals surface area contributed by atoms with E-state index in [4.69, 9.17) is 0 Å². The summed E-state index contributed by atoms with van der Waals surface area (Å²) in [4.78, 5) is 12.6. The van der Waals surface area contributed by atoms with E-state index in [2.05, 4.69) is 79.9 Å². The van der Waals surface area contributed by atoms with Crippen molar-refractivity contribution in [2.24, 2.45) is 0 Å². The quantitative estimate of drug-likeness (QED) is 0.0308. The van der Waals surface area contributed by atoms with E-state index >= 15 is 0 Å². The van der Waals surface area contributed by atoms with Gasteiger partial charge < -0.3 is 25.7 Å². The molecule has 386 valence electrons. The van der Waals surface area contributed by atoms with E-state index in [1.165, 1.54) is 193 Å².